The van der Waals surface area contributed by atoms with Gasteiger partial charge in [-0.1, -0.05) is 45.4 Å². The van der Waals surface area contributed by atoms with Crippen LogP contribution in [0.25, 0.3) is 0 Å². The van der Waals surface area contributed by atoms with Gasteiger partial charge in [-0.3, -0.25) is 4.48 Å². The SMILES string of the molecule is CCCCCCCCCC[N+]1(C(F)F)CCCCC1. The molecule has 0 N–H and O–H groups in total. The average molecular weight is 276 g/mol. The van der Waals surface area contributed by atoms with Gasteiger partial charge in [-0.2, -0.15) is 8.78 Å². The number of hydrogen-bond acceptors (Lipinski definition) is 0. The largest absolute Gasteiger partial charge is 0.380 e. The Morgan fingerprint density at radius 1 is 0.789 bits per heavy atom. The van der Waals surface area contributed by atoms with E-state index >= 15 is 0 Å². The fraction of sp³-hybridized carbons (Fsp3) is 1.00. The minimum Gasteiger partial charge on any atom is -0.266 e. The molecule has 0 spiro atoms. The van der Waals surface area contributed by atoms with E-state index in [1.807, 2.05) is 0 Å². The molecule has 1 nitrogen and oxygen atoms in total. The van der Waals surface area contributed by atoms with Crippen molar-refractivity contribution in [3.8, 4) is 0 Å². The van der Waals surface area contributed by atoms with Crippen LogP contribution in [0.3, 0.4) is 0 Å². The molecule has 0 radical (unpaired) electrons. The lowest BCUT2D eigenvalue weighted by molar-refractivity contribution is -0.983. The van der Waals surface area contributed by atoms with E-state index in [-0.39, 0.29) is 4.48 Å². The molecule has 1 aliphatic rings. The third-order valence-electron chi connectivity index (χ3n) is 4.58. The summed E-state index contributed by atoms with van der Waals surface area (Å²) in [6.45, 7) is 2.17. The van der Waals surface area contributed by atoms with Crippen molar-refractivity contribution in [1.82, 2.24) is 0 Å². The number of hydrogen-bond donors (Lipinski definition) is 0. The van der Waals surface area contributed by atoms with Gasteiger partial charge in [0, 0.05) is 0 Å². The molecule has 0 atom stereocenters. The van der Waals surface area contributed by atoms with Crippen LogP contribution in [-0.2, 0) is 0 Å². The molecule has 0 bridgehead atoms. The molecule has 3 heteroatoms. The van der Waals surface area contributed by atoms with Crippen LogP contribution >= 0.6 is 0 Å². The summed E-state index contributed by atoms with van der Waals surface area (Å²) in [6.07, 6.45) is 13.0. The van der Waals surface area contributed by atoms with Gasteiger partial charge in [0.15, 0.2) is 0 Å². The quantitative estimate of drug-likeness (QED) is 0.286. The van der Waals surface area contributed by atoms with Crippen molar-refractivity contribution in [2.24, 2.45) is 0 Å². The number of alkyl halides is 2. The summed E-state index contributed by atoms with van der Waals surface area (Å²) in [5.41, 5.74) is 0. The maximum atomic E-state index is 13.3. The van der Waals surface area contributed by atoms with Crippen LogP contribution in [-0.4, -0.2) is 30.7 Å². The van der Waals surface area contributed by atoms with Crippen LogP contribution in [0.2, 0.25) is 0 Å². The number of halogens is 2. The Labute approximate surface area is 118 Å². The molecule has 1 rings (SSSR count). The van der Waals surface area contributed by atoms with Gasteiger partial charge in [0.1, 0.15) is 0 Å². The second kappa shape index (κ2) is 9.68. The van der Waals surface area contributed by atoms with E-state index < -0.39 is 6.55 Å². The summed E-state index contributed by atoms with van der Waals surface area (Å²) in [4.78, 5) is 0. The zero-order chi connectivity index (χ0) is 14.0. The highest BCUT2D eigenvalue weighted by Gasteiger charge is 2.38. The van der Waals surface area contributed by atoms with Gasteiger partial charge in [-0.15, -0.1) is 0 Å². The first kappa shape index (κ1) is 16.9. The van der Waals surface area contributed by atoms with E-state index in [0.29, 0.717) is 19.6 Å². The third-order valence-corrected chi connectivity index (χ3v) is 4.58. The minimum atomic E-state index is -2.16. The smallest absolute Gasteiger partial charge is 0.266 e. The molecule has 1 heterocycles. The zero-order valence-electron chi connectivity index (χ0n) is 12.7. The van der Waals surface area contributed by atoms with Crippen molar-refractivity contribution in [3.05, 3.63) is 0 Å². The Balaban J connectivity index is 2.08. The summed E-state index contributed by atoms with van der Waals surface area (Å²) in [7, 11) is 0. The molecule has 0 aliphatic carbocycles. The molecule has 0 saturated carbocycles. The van der Waals surface area contributed by atoms with Gasteiger partial charge in [0.2, 0.25) is 0 Å². The van der Waals surface area contributed by atoms with Crippen molar-refractivity contribution in [1.29, 1.82) is 0 Å². The topological polar surface area (TPSA) is 0 Å². The van der Waals surface area contributed by atoms with Crippen molar-refractivity contribution in [3.63, 3.8) is 0 Å². The minimum absolute atomic E-state index is 0.0931. The number of likely N-dealkylation sites (tertiary alicyclic amines) is 1. The van der Waals surface area contributed by atoms with E-state index in [2.05, 4.69) is 6.92 Å². The van der Waals surface area contributed by atoms with E-state index in [1.54, 1.807) is 0 Å². The highest BCUT2D eigenvalue weighted by atomic mass is 19.3. The number of rotatable bonds is 10. The molecule has 1 aliphatic heterocycles. The second-order valence-corrected chi connectivity index (χ2v) is 6.20. The van der Waals surface area contributed by atoms with Gasteiger partial charge in [-0.05, 0) is 32.1 Å². The normalized spacial score (nSPS) is 18.9. The molecule has 0 aromatic rings. The van der Waals surface area contributed by atoms with Crippen LogP contribution in [0.4, 0.5) is 8.78 Å². The molecule has 114 valence electrons. The highest BCUT2D eigenvalue weighted by molar-refractivity contribution is 4.55. The maximum absolute atomic E-state index is 13.3. The van der Waals surface area contributed by atoms with Crippen molar-refractivity contribution >= 4 is 0 Å². The highest BCUT2D eigenvalue weighted by Crippen LogP contribution is 2.26. The van der Waals surface area contributed by atoms with Gasteiger partial charge in [-0.25, -0.2) is 0 Å². The fourth-order valence-electron chi connectivity index (χ4n) is 3.22. The van der Waals surface area contributed by atoms with Gasteiger partial charge in [0.05, 0.1) is 19.6 Å². The summed E-state index contributed by atoms with van der Waals surface area (Å²) in [5, 5.41) is 0. The van der Waals surface area contributed by atoms with E-state index in [1.165, 1.54) is 38.5 Å². The Morgan fingerprint density at radius 2 is 1.32 bits per heavy atom. The molecule has 0 amide bonds. The van der Waals surface area contributed by atoms with Gasteiger partial charge >= 0.3 is 6.55 Å². The van der Waals surface area contributed by atoms with Crippen molar-refractivity contribution in [2.45, 2.75) is 84.1 Å². The maximum Gasteiger partial charge on any atom is 0.380 e. The summed E-state index contributed by atoms with van der Waals surface area (Å²) < 4.78 is 26.6. The summed E-state index contributed by atoms with van der Waals surface area (Å²) in [6, 6.07) is 0. The standard InChI is InChI=1S/C16H32F2N/c1-2-3-4-5-6-7-8-10-13-19(16(17)18)14-11-9-12-15-19/h16H,2-15H2,1H3/q+1. The summed E-state index contributed by atoms with van der Waals surface area (Å²) in [5.74, 6) is 0. The number of quaternary nitrogens is 1. The fourth-order valence-corrected chi connectivity index (χ4v) is 3.22. The Morgan fingerprint density at radius 3 is 1.84 bits per heavy atom. The van der Waals surface area contributed by atoms with Gasteiger partial charge < -0.3 is 0 Å². The van der Waals surface area contributed by atoms with Crippen molar-refractivity contribution in [2.75, 3.05) is 19.6 Å². The monoisotopic (exact) mass is 276 g/mol. The molecule has 1 saturated heterocycles. The third kappa shape index (κ3) is 6.20. The number of piperidine rings is 1. The molecular formula is C16H32F2N+. The summed E-state index contributed by atoms with van der Waals surface area (Å²) >= 11 is 0. The Kier molecular flexibility index (Phi) is 8.60. The van der Waals surface area contributed by atoms with Crippen LogP contribution < -0.4 is 0 Å². The first-order valence-corrected chi connectivity index (χ1v) is 8.35. The number of nitrogens with zero attached hydrogens (tertiary/aromatic N) is 1. The van der Waals surface area contributed by atoms with E-state index in [4.69, 9.17) is 0 Å². The molecule has 0 aromatic carbocycles. The second-order valence-electron chi connectivity index (χ2n) is 6.20. The molecule has 1 fully saturated rings. The molecule has 0 unspecified atom stereocenters. The lowest BCUT2D eigenvalue weighted by atomic mass is 10.1. The van der Waals surface area contributed by atoms with Gasteiger partial charge in [0.25, 0.3) is 0 Å². The van der Waals surface area contributed by atoms with Crippen LogP contribution in [0.5, 0.6) is 0 Å². The number of unbranched alkanes of at least 4 members (excludes halogenated alkanes) is 7. The Bertz CT molecular complexity index is 213. The van der Waals surface area contributed by atoms with E-state index in [9.17, 15) is 8.78 Å². The van der Waals surface area contributed by atoms with Crippen LogP contribution in [0.1, 0.15) is 77.6 Å². The molecular weight excluding hydrogens is 244 g/mol. The molecule has 19 heavy (non-hydrogen) atoms. The predicted octanol–water partition coefficient (Wildman–Crippen LogP) is 5.35. The van der Waals surface area contributed by atoms with E-state index in [0.717, 1.165) is 32.1 Å². The zero-order valence-corrected chi connectivity index (χ0v) is 12.7. The molecule has 0 aromatic heterocycles. The van der Waals surface area contributed by atoms with Crippen molar-refractivity contribution < 1.29 is 13.3 Å². The first-order chi connectivity index (χ1) is 9.21. The lowest BCUT2D eigenvalue weighted by Gasteiger charge is -2.40. The van der Waals surface area contributed by atoms with Crippen LogP contribution in [0.15, 0.2) is 0 Å². The average Bonchev–Trinajstić information content (AvgIpc) is 2.42. The van der Waals surface area contributed by atoms with Crippen LogP contribution in [0, 0.1) is 0 Å². The first-order valence-electron chi connectivity index (χ1n) is 8.35. The lowest BCUT2D eigenvalue weighted by Crippen LogP contribution is -2.55. The Hall–Kier alpha value is -0.180. The predicted molar refractivity (Wildman–Crippen MR) is 77.3 cm³/mol.